The van der Waals surface area contributed by atoms with Crippen LogP contribution in [0.25, 0.3) is 0 Å². The predicted octanol–water partition coefficient (Wildman–Crippen LogP) is 17.3. The largest absolute Gasteiger partial charge is 0.462 e. The lowest BCUT2D eigenvalue weighted by Crippen LogP contribution is -2.13. The van der Waals surface area contributed by atoms with E-state index in [0.29, 0.717) is 12.8 Å². The van der Waals surface area contributed by atoms with Crippen molar-refractivity contribution in [1.29, 1.82) is 0 Å². The second kappa shape index (κ2) is 48.1. The minimum absolute atomic E-state index is 0.159. The van der Waals surface area contributed by atoms with Crippen LogP contribution in [0.3, 0.4) is 0 Å². The molecule has 0 N–H and O–H groups in total. The average Bonchev–Trinajstić information content (AvgIpc) is 3.17. The third-order valence-electron chi connectivity index (χ3n) is 11.6. The minimum Gasteiger partial charge on any atom is -0.462 e. The first-order valence-corrected chi connectivity index (χ1v) is 25.0. The second-order valence-corrected chi connectivity index (χ2v) is 17.1. The Kier molecular flexibility index (Phi) is 47.1. The molecule has 0 unspecified atom stereocenters. The molecule has 0 spiro atoms. The van der Waals surface area contributed by atoms with Crippen LogP contribution in [0.1, 0.15) is 296 Å². The van der Waals surface area contributed by atoms with Crippen LogP contribution in [-0.2, 0) is 19.1 Å². The van der Waals surface area contributed by atoms with Crippen molar-refractivity contribution >= 4 is 11.9 Å². The summed E-state index contributed by atoms with van der Waals surface area (Å²) in [7, 11) is 0. The van der Waals surface area contributed by atoms with E-state index in [1.807, 2.05) is 0 Å². The number of rotatable bonds is 47. The van der Waals surface area contributed by atoms with Gasteiger partial charge in [0.05, 0.1) is 0 Å². The van der Waals surface area contributed by atoms with Crippen molar-refractivity contribution in [3.8, 4) is 0 Å². The molecule has 0 heterocycles. The second-order valence-electron chi connectivity index (χ2n) is 17.1. The van der Waals surface area contributed by atoms with E-state index in [2.05, 4.69) is 13.8 Å². The highest BCUT2D eigenvalue weighted by molar-refractivity contribution is 5.70. The molecule has 0 radical (unpaired) electrons. The highest BCUT2D eigenvalue weighted by Gasteiger charge is 2.06. The number of carbonyl (C=O) groups is 2. The molecule has 0 aliphatic heterocycles. The van der Waals surface area contributed by atoms with Crippen LogP contribution in [0.4, 0.5) is 0 Å². The molecular formula is C50H98O4. The van der Waals surface area contributed by atoms with Crippen molar-refractivity contribution in [2.24, 2.45) is 0 Å². The van der Waals surface area contributed by atoms with Gasteiger partial charge in [0.2, 0.25) is 0 Å². The summed E-state index contributed by atoms with van der Waals surface area (Å²) in [6.45, 7) is 4.95. The third kappa shape index (κ3) is 47.1. The fourth-order valence-corrected chi connectivity index (χ4v) is 7.86. The summed E-state index contributed by atoms with van der Waals surface area (Å²) in [5, 5.41) is 0. The number of carbonyl (C=O) groups excluding carboxylic acids is 2. The number of hydrogen-bond donors (Lipinski definition) is 0. The zero-order valence-corrected chi connectivity index (χ0v) is 37.2. The fraction of sp³-hybridized carbons (Fsp3) is 0.960. The van der Waals surface area contributed by atoms with Crippen LogP contribution in [0.2, 0.25) is 0 Å². The highest BCUT2D eigenvalue weighted by atomic mass is 16.6. The van der Waals surface area contributed by atoms with Gasteiger partial charge in [-0.15, -0.1) is 0 Å². The van der Waals surface area contributed by atoms with E-state index in [0.717, 1.165) is 25.7 Å². The van der Waals surface area contributed by atoms with Crippen molar-refractivity contribution < 1.29 is 19.1 Å². The number of ether oxygens (including phenoxy) is 2. The Bertz CT molecular complexity index is 661. The van der Waals surface area contributed by atoms with Crippen molar-refractivity contribution in [1.82, 2.24) is 0 Å². The normalized spacial score (nSPS) is 11.4. The summed E-state index contributed by atoms with van der Waals surface area (Å²) in [6.07, 6.45) is 58.2. The van der Waals surface area contributed by atoms with Crippen LogP contribution in [0.5, 0.6) is 0 Å². The Hall–Kier alpha value is -1.06. The van der Waals surface area contributed by atoms with Crippen LogP contribution in [0, 0.1) is 0 Å². The van der Waals surface area contributed by atoms with E-state index in [9.17, 15) is 9.59 Å². The van der Waals surface area contributed by atoms with Gasteiger partial charge in [-0.1, -0.05) is 271 Å². The summed E-state index contributed by atoms with van der Waals surface area (Å²) in [6, 6.07) is 0. The lowest BCUT2D eigenvalue weighted by Gasteiger charge is -2.07. The SMILES string of the molecule is CCCCCCCCCCCCCCCCCCCCCCCC(=O)OCCOC(=O)CCCCCCCCCCCCCCCCCCCCCCC. The summed E-state index contributed by atoms with van der Waals surface area (Å²) in [4.78, 5) is 24.0. The molecule has 4 heteroatoms. The minimum atomic E-state index is -0.159. The first-order valence-electron chi connectivity index (χ1n) is 25.0. The summed E-state index contributed by atoms with van der Waals surface area (Å²) in [5.74, 6) is -0.318. The highest BCUT2D eigenvalue weighted by Crippen LogP contribution is 2.17. The van der Waals surface area contributed by atoms with E-state index >= 15 is 0 Å². The molecule has 0 fully saturated rings. The Morgan fingerprint density at radius 3 is 0.556 bits per heavy atom. The zero-order chi connectivity index (χ0) is 39.1. The Labute approximate surface area is 339 Å². The molecule has 0 aromatic carbocycles. The lowest BCUT2D eigenvalue weighted by atomic mass is 10.0. The standard InChI is InChI=1S/C50H98O4/c1-3-5-7-9-11-13-15-17-19-21-23-25-27-29-31-33-35-37-39-41-43-45-49(51)53-47-48-54-50(52)46-44-42-40-38-36-34-32-30-28-26-24-22-20-18-16-14-12-10-8-6-4-2/h3-48H2,1-2H3. The van der Waals surface area contributed by atoms with Crippen LogP contribution in [-0.4, -0.2) is 25.2 Å². The quantitative estimate of drug-likeness (QED) is 0.0458. The van der Waals surface area contributed by atoms with Crippen molar-refractivity contribution in [2.75, 3.05) is 13.2 Å². The number of hydrogen-bond acceptors (Lipinski definition) is 4. The first kappa shape index (κ1) is 52.9. The Morgan fingerprint density at radius 1 is 0.241 bits per heavy atom. The summed E-state index contributed by atoms with van der Waals surface area (Å²) in [5.41, 5.74) is 0. The number of esters is 2. The maximum Gasteiger partial charge on any atom is 0.305 e. The van der Waals surface area contributed by atoms with Gasteiger partial charge in [0.25, 0.3) is 0 Å². The molecule has 0 aliphatic carbocycles. The van der Waals surface area contributed by atoms with Gasteiger partial charge in [-0.2, -0.15) is 0 Å². The topological polar surface area (TPSA) is 52.6 Å². The van der Waals surface area contributed by atoms with Gasteiger partial charge in [-0.05, 0) is 12.8 Å². The number of unbranched alkanes of at least 4 members (excludes halogenated alkanes) is 40. The van der Waals surface area contributed by atoms with Gasteiger partial charge in [-0.3, -0.25) is 9.59 Å². The fourth-order valence-electron chi connectivity index (χ4n) is 7.86. The smallest absolute Gasteiger partial charge is 0.305 e. The lowest BCUT2D eigenvalue weighted by molar-refractivity contribution is -0.152. The van der Waals surface area contributed by atoms with E-state index < -0.39 is 0 Å². The summed E-state index contributed by atoms with van der Waals surface area (Å²) < 4.78 is 10.5. The molecule has 322 valence electrons. The Morgan fingerprint density at radius 2 is 0.389 bits per heavy atom. The van der Waals surface area contributed by atoms with Gasteiger partial charge in [0.15, 0.2) is 0 Å². The van der Waals surface area contributed by atoms with E-state index in [4.69, 9.17) is 9.47 Å². The van der Waals surface area contributed by atoms with Gasteiger partial charge in [0.1, 0.15) is 13.2 Å². The van der Waals surface area contributed by atoms with Gasteiger partial charge in [0, 0.05) is 12.8 Å². The average molecular weight is 763 g/mol. The molecule has 0 aromatic rings. The molecule has 0 saturated heterocycles. The van der Waals surface area contributed by atoms with Crippen molar-refractivity contribution in [3.05, 3.63) is 0 Å². The molecule has 4 nitrogen and oxygen atoms in total. The van der Waals surface area contributed by atoms with Crippen molar-refractivity contribution in [2.45, 2.75) is 296 Å². The third-order valence-corrected chi connectivity index (χ3v) is 11.6. The molecule has 0 atom stereocenters. The summed E-state index contributed by atoms with van der Waals surface area (Å²) >= 11 is 0. The molecule has 0 saturated carbocycles. The van der Waals surface area contributed by atoms with Gasteiger partial charge < -0.3 is 9.47 Å². The predicted molar refractivity (Wildman–Crippen MR) is 236 cm³/mol. The van der Waals surface area contributed by atoms with E-state index in [1.165, 1.54) is 244 Å². The van der Waals surface area contributed by atoms with E-state index in [-0.39, 0.29) is 25.2 Å². The van der Waals surface area contributed by atoms with Gasteiger partial charge >= 0.3 is 11.9 Å². The zero-order valence-electron chi connectivity index (χ0n) is 37.2. The molecule has 0 amide bonds. The monoisotopic (exact) mass is 763 g/mol. The van der Waals surface area contributed by atoms with Crippen LogP contribution in [0.15, 0.2) is 0 Å². The molecule has 0 rings (SSSR count). The maximum atomic E-state index is 12.0. The molecule has 0 aromatic heterocycles. The van der Waals surface area contributed by atoms with Crippen molar-refractivity contribution in [3.63, 3.8) is 0 Å². The molecule has 0 bridgehead atoms. The maximum absolute atomic E-state index is 12.0. The van der Waals surface area contributed by atoms with Crippen LogP contribution < -0.4 is 0 Å². The Balaban J connectivity index is 3.23. The molecule has 54 heavy (non-hydrogen) atoms. The van der Waals surface area contributed by atoms with Gasteiger partial charge in [-0.25, -0.2) is 0 Å². The molecule has 0 aliphatic rings. The van der Waals surface area contributed by atoms with Crippen LogP contribution >= 0.6 is 0 Å². The first-order chi connectivity index (χ1) is 26.7. The molecular weight excluding hydrogens is 665 g/mol. The van der Waals surface area contributed by atoms with E-state index in [1.54, 1.807) is 0 Å².